The van der Waals surface area contributed by atoms with E-state index in [1.807, 2.05) is 37.2 Å². The summed E-state index contributed by atoms with van der Waals surface area (Å²) in [4.78, 5) is 27.5. The fourth-order valence-electron chi connectivity index (χ4n) is 2.86. The van der Waals surface area contributed by atoms with Crippen LogP contribution in [0.25, 0.3) is 10.9 Å². The molecule has 3 rings (SSSR count). The van der Waals surface area contributed by atoms with Gasteiger partial charge in [-0.25, -0.2) is 0 Å². The second kappa shape index (κ2) is 8.37. The fraction of sp³-hybridized carbons (Fsp3) is 0.263. The molecule has 0 unspecified atom stereocenters. The average Bonchev–Trinajstić information content (AvgIpc) is 3.07. The molecule has 0 aliphatic heterocycles. The molecule has 1 heterocycles. The lowest BCUT2D eigenvalue weighted by molar-refractivity contribution is -0.384. The lowest BCUT2D eigenvalue weighted by Crippen LogP contribution is -2.36. The number of carbonyl (C=O) groups is 1. The molecule has 0 aliphatic rings. The van der Waals surface area contributed by atoms with Crippen LogP contribution in [0, 0.1) is 10.1 Å². The van der Waals surface area contributed by atoms with E-state index in [4.69, 9.17) is 11.6 Å². The summed E-state index contributed by atoms with van der Waals surface area (Å²) < 4.78 is 0. The highest BCUT2D eigenvalue weighted by atomic mass is 35.5. The minimum absolute atomic E-state index is 0.0855. The van der Waals surface area contributed by atoms with Crippen molar-refractivity contribution in [1.82, 2.24) is 20.0 Å². The maximum atomic E-state index is 13.2. The highest BCUT2D eigenvalue weighted by molar-refractivity contribution is 6.30. The van der Waals surface area contributed by atoms with Gasteiger partial charge in [0.05, 0.1) is 10.4 Å². The Balaban J connectivity index is 1.94. The van der Waals surface area contributed by atoms with Crippen molar-refractivity contribution in [3.8, 4) is 0 Å². The average molecular weight is 402 g/mol. The Labute approximate surface area is 166 Å². The summed E-state index contributed by atoms with van der Waals surface area (Å²) in [5.41, 5.74) is 1.55. The topological polar surface area (TPSA) is 95.4 Å². The SMILES string of the molecule is CN(C)CCN(Cc1cccc(Cl)c1)C(=O)c1n[nH]c2ccc([N+](=O)[O-])cc12. The molecule has 0 aliphatic carbocycles. The second-order valence-corrected chi connectivity index (χ2v) is 7.16. The van der Waals surface area contributed by atoms with Crippen molar-refractivity contribution >= 4 is 34.1 Å². The number of aromatic nitrogens is 2. The molecule has 1 N–H and O–H groups in total. The van der Waals surface area contributed by atoms with Crippen molar-refractivity contribution in [2.75, 3.05) is 27.2 Å². The van der Waals surface area contributed by atoms with Crippen molar-refractivity contribution in [1.29, 1.82) is 0 Å². The lowest BCUT2D eigenvalue weighted by Gasteiger charge is -2.24. The number of rotatable bonds is 7. The van der Waals surface area contributed by atoms with E-state index in [9.17, 15) is 14.9 Å². The van der Waals surface area contributed by atoms with E-state index in [2.05, 4.69) is 10.2 Å². The van der Waals surface area contributed by atoms with Crippen molar-refractivity contribution < 1.29 is 9.72 Å². The summed E-state index contributed by atoms with van der Waals surface area (Å²) in [5.74, 6) is -0.298. The van der Waals surface area contributed by atoms with E-state index in [0.29, 0.717) is 35.6 Å². The maximum absolute atomic E-state index is 13.2. The number of likely N-dealkylation sites (N-methyl/N-ethyl adjacent to an activating group) is 1. The van der Waals surface area contributed by atoms with Crippen molar-refractivity contribution in [2.24, 2.45) is 0 Å². The number of hydrogen-bond donors (Lipinski definition) is 1. The van der Waals surface area contributed by atoms with Crippen LogP contribution < -0.4 is 0 Å². The van der Waals surface area contributed by atoms with Gasteiger partial charge in [-0.05, 0) is 37.9 Å². The molecular weight excluding hydrogens is 382 g/mol. The number of H-pyrrole nitrogens is 1. The normalized spacial score (nSPS) is 11.1. The molecule has 0 spiro atoms. The number of amides is 1. The largest absolute Gasteiger partial charge is 0.332 e. The third-order valence-corrected chi connectivity index (χ3v) is 4.56. The van der Waals surface area contributed by atoms with Crippen molar-refractivity contribution in [2.45, 2.75) is 6.54 Å². The summed E-state index contributed by atoms with van der Waals surface area (Å²) in [7, 11) is 3.85. The van der Waals surface area contributed by atoms with Crippen molar-refractivity contribution in [3.05, 3.63) is 68.9 Å². The second-order valence-electron chi connectivity index (χ2n) is 6.72. The summed E-state index contributed by atoms with van der Waals surface area (Å²) in [6.45, 7) is 1.49. The van der Waals surface area contributed by atoms with E-state index in [1.54, 1.807) is 17.0 Å². The molecule has 0 bridgehead atoms. The van der Waals surface area contributed by atoms with Gasteiger partial charge in [-0.3, -0.25) is 20.0 Å². The summed E-state index contributed by atoms with van der Waals surface area (Å²) in [6, 6.07) is 11.6. The van der Waals surface area contributed by atoms with Crippen LogP contribution in [0.3, 0.4) is 0 Å². The van der Waals surface area contributed by atoms with E-state index < -0.39 is 4.92 Å². The predicted octanol–water partition coefficient (Wildman–Crippen LogP) is 3.33. The van der Waals surface area contributed by atoms with Gasteiger partial charge in [0.25, 0.3) is 11.6 Å². The monoisotopic (exact) mass is 401 g/mol. The zero-order chi connectivity index (χ0) is 20.3. The highest BCUT2D eigenvalue weighted by Crippen LogP contribution is 2.24. The van der Waals surface area contributed by atoms with Gasteiger partial charge in [-0.1, -0.05) is 23.7 Å². The van der Waals surface area contributed by atoms with Crippen LogP contribution in [-0.2, 0) is 6.54 Å². The third-order valence-electron chi connectivity index (χ3n) is 4.33. The molecule has 1 amide bonds. The molecule has 0 fully saturated rings. The van der Waals surface area contributed by atoms with Gasteiger partial charge in [0.2, 0.25) is 0 Å². The molecule has 0 saturated carbocycles. The third kappa shape index (κ3) is 4.47. The van der Waals surface area contributed by atoms with Crippen LogP contribution in [0.2, 0.25) is 5.02 Å². The van der Waals surface area contributed by atoms with Crippen LogP contribution >= 0.6 is 11.6 Å². The van der Waals surface area contributed by atoms with Crippen LogP contribution in [0.5, 0.6) is 0 Å². The Bertz CT molecular complexity index is 1020. The smallest absolute Gasteiger partial charge is 0.275 e. The standard InChI is InChI=1S/C19H20ClN5O3/c1-23(2)8-9-24(12-13-4-3-5-14(20)10-13)19(26)18-16-11-15(25(27)28)6-7-17(16)21-22-18/h3-7,10-11H,8-9,12H2,1-2H3,(H,21,22). The summed E-state index contributed by atoms with van der Waals surface area (Å²) >= 11 is 6.07. The van der Waals surface area contributed by atoms with Crippen LogP contribution in [0.15, 0.2) is 42.5 Å². The number of fused-ring (bicyclic) bond motifs is 1. The van der Waals surface area contributed by atoms with Crippen LogP contribution in [-0.4, -0.2) is 58.0 Å². The number of non-ortho nitro benzene ring substituents is 1. The Morgan fingerprint density at radius 1 is 1.21 bits per heavy atom. The number of carbonyl (C=O) groups excluding carboxylic acids is 1. The first kappa shape index (κ1) is 19.8. The quantitative estimate of drug-likeness (QED) is 0.484. The van der Waals surface area contributed by atoms with E-state index >= 15 is 0 Å². The first-order valence-electron chi connectivity index (χ1n) is 8.66. The molecule has 0 saturated heterocycles. The van der Waals surface area contributed by atoms with Gasteiger partial charge in [0.1, 0.15) is 0 Å². The molecule has 9 heteroatoms. The van der Waals surface area contributed by atoms with Gasteiger partial charge in [0.15, 0.2) is 5.69 Å². The minimum Gasteiger partial charge on any atom is -0.332 e. The maximum Gasteiger partial charge on any atom is 0.275 e. The number of nitro benzene ring substituents is 1. The molecule has 28 heavy (non-hydrogen) atoms. The Hall–Kier alpha value is -2.97. The first-order valence-corrected chi connectivity index (χ1v) is 9.04. The van der Waals surface area contributed by atoms with E-state index in [0.717, 1.165) is 5.56 Å². The van der Waals surface area contributed by atoms with E-state index in [1.165, 1.54) is 12.1 Å². The lowest BCUT2D eigenvalue weighted by atomic mass is 10.1. The minimum atomic E-state index is -0.490. The number of nitrogens with one attached hydrogen (secondary N) is 1. The predicted molar refractivity (Wildman–Crippen MR) is 107 cm³/mol. The molecule has 3 aromatic rings. The van der Waals surface area contributed by atoms with Gasteiger partial charge in [-0.2, -0.15) is 5.10 Å². The zero-order valence-electron chi connectivity index (χ0n) is 15.6. The molecule has 8 nitrogen and oxygen atoms in total. The van der Waals surface area contributed by atoms with Gasteiger partial charge in [0, 0.05) is 42.2 Å². The fourth-order valence-corrected chi connectivity index (χ4v) is 3.07. The Morgan fingerprint density at radius 2 is 2.00 bits per heavy atom. The molecular formula is C19H20ClN5O3. The van der Waals surface area contributed by atoms with Crippen molar-refractivity contribution in [3.63, 3.8) is 0 Å². The first-order chi connectivity index (χ1) is 13.3. The Kier molecular flexibility index (Phi) is 5.91. The van der Waals surface area contributed by atoms with Gasteiger partial charge < -0.3 is 9.80 Å². The number of halogens is 1. The number of hydrogen-bond acceptors (Lipinski definition) is 5. The number of benzene rings is 2. The molecule has 0 radical (unpaired) electrons. The van der Waals surface area contributed by atoms with Crippen LogP contribution in [0.4, 0.5) is 5.69 Å². The van der Waals surface area contributed by atoms with Gasteiger partial charge >= 0.3 is 0 Å². The number of aromatic amines is 1. The van der Waals surface area contributed by atoms with Crippen LogP contribution in [0.1, 0.15) is 16.1 Å². The highest BCUT2D eigenvalue weighted by Gasteiger charge is 2.23. The summed E-state index contributed by atoms with van der Waals surface area (Å²) in [6.07, 6.45) is 0. The number of nitro groups is 1. The number of nitrogens with zero attached hydrogens (tertiary/aromatic N) is 4. The zero-order valence-corrected chi connectivity index (χ0v) is 16.3. The molecule has 0 atom stereocenters. The van der Waals surface area contributed by atoms with Gasteiger partial charge in [-0.15, -0.1) is 0 Å². The van der Waals surface area contributed by atoms with E-state index in [-0.39, 0.29) is 17.3 Å². The molecule has 2 aromatic carbocycles. The molecule has 1 aromatic heterocycles. The Morgan fingerprint density at radius 3 is 2.68 bits per heavy atom. The molecule has 146 valence electrons. The summed E-state index contributed by atoms with van der Waals surface area (Å²) in [5, 5.41) is 19.0.